The molecule has 0 aromatic rings. The SMILES string of the molecule is CC.C[C@H]1CCCN(CC(F)(F)F)C1. The van der Waals surface area contributed by atoms with Crippen molar-refractivity contribution >= 4 is 0 Å². The van der Waals surface area contributed by atoms with E-state index in [1.54, 1.807) is 0 Å². The van der Waals surface area contributed by atoms with Gasteiger partial charge in [-0.1, -0.05) is 20.8 Å². The molecule has 0 amide bonds. The Morgan fingerprint density at radius 3 is 2.29 bits per heavy atom. The van der Waals surface area contributed by atoms with Crippen LogP contribution in [0.1, 0.15) is 33.6 Å². The van der Waals surface area contributed by atoms with Crippen molar-refractivity contribution in [2.24, 2.45) is 5.92 Å². The molecule has 1 rings (SSSR count). The van der Waals surface area contributed by atoms with E-state index in [1.807, 2.05) is 20.8 Å². The van der Waals surface area contributed by atoms with Gasteiger partial charge in [0.15, 0.2) is 0 Å². The zero-order valence-corrected chi connectivity index (χ0v) is 9.19. The Hall–Kier alpha value is -0.250. The summed E-state index contributed by atoms with van der Waals surface area (Å²) in [6, 6.07) is 0. The summed E-state index contributed by atoms with van der Waals surface area (Å²) < 4.78 is 35.8. The maximum Gasteiger partial charge on any atom is 0.401 e. The molecule has 14 heavy (non-hydrogen) atoms. The maximum atomic E-state index is 11.9. The first-order valence-corrected chi connectivity index (χ1v) is 5.26. The van der Waals surface area contributed by atoms with Crippen molar-refractivity contribution in [3.05, 3.63) is 0 Å². The Morgan fingerprint density at radius 2 is 1.86 bits per heavy atom. The fourth-order valence-corrected chi connectivity index (χ4v) is 1.68. The van der Waals surface area contributed by atoms with Crippen LogP contribution in [0.5, 0.6) is 0 Å². The molecule has 0 aromatic carbocycles. The minimum Gasteiger partial charge on any atom is -0.295 e. The number of hydrogen-bond acceptors (Lipinski definition) is 1. The van der Waals surface area contributed by atoms with Gasteiger partial charge in [0, 0.05) is 6.54 Å². The third-order valence-electron chi connectivity index (χ3n) is 2.14. The molecular weight excluding hydrogens is 191 g/mol. The van der Waals surface area contributed by atoms with Gasteiger partial charge in [-0.2, -0.15) is 13.2 Å². The van der Waals surface area contributed by atoms with Gasteiger partial charge < -0.3 is 0 Å². The molecule has 1 atom stereocenters. The molecule has 0 unspecified atom stereocenters. The average Bonchev–Trinajstić information content (AvgIpc) is 2.04. The number of alkyl halides is 3. The molecule has 1 aliphatic rings. The molecule has 1 aliphatic heterocycles. The molecule has 86 valence electrons. The van der Waals surface area contributed by atoms with Crippen LogP contribution in [0.2, 0.25) is 0 Å². The lowest BCUT2D eigenvalue weighted by Gasteiger charge is -2.31. The van der Waals surface area contributed by atoms with Gasteiger partial charge in [0.05, 0.1) is 6.54 Å². The van der Waals surface area contributed by atoms with Crippen molar-refractivity contribution in [1.82, 2.24) is 4.90 Å². The number of hydrogen-bond donors (Lipinski definition) is 0. The highest BCUT2D eigenvalue weighted by atomic mass is 19.4. The van der Waals surface area contributed by atoms with Crippen LogP contribution in [0, 0.1) is 5.92 Å². The zero-order chi connectivity index (χ0) is 11.2. The molecule has 0 aliphatic carbocycles. The van der Waals surface area contributed by atoms with E-state index in [2.05, 4.69) is 0 Å². The Bertz CT molecular complexity index is 145. The van der Waals surface area contributed by atoms with Crippen molar-refractivity contribution in [1.29, 1.82) is 0 Å². The summed E-state index contributed by atoms with van der Waals surface area (Å²) in [5.41, 5.74) is 0. The Morgan fingerprint density at radius 1 is 1.29 bits per heavy atom. The average molecular weight is 211 g/mol. The van der Waals surface area contributed by atoms with Crippen LogP contribution in [-0.4, -0.2) is 30.7 Å². The van der Waals surface area contributed by atoms with E-state index < -0.39 is 12.7 Å². The minimum absolute atomic E-state index is 0.418. The second-order valence-corrected chi connectivity index (χ2v) is 3.60. The van der Waals surface area contributed by atoms with Gasteiger partial charge >= 0.3 is 6.18 Å². The van der Waals surface area contributed by atoms with E-state index in [0.717, 1.165) is 12.8 Å². The molecule has 1 nitrogen and oxygen atoms in total. The van der Waals surface area contributed by atoms with Crippen molar-refractivity contribution in [2.75, 3.05) is 19.6 Å². The predicted molar refractivity (Wildman–Crippen MR) is 52.2 cm³/mol. The smallest absolute Gasteiger partial charge is 0.295 e. The quantitative estimate of drug-likeness (QED) is 0.643. The normalized spacial score (nSPS) is 24.0. The van der Waals surface area contributed by atoms with Gasteiger partial charge in [0.2, 0.25) is 0 Å². The van der Waals surface area contributed by atoms with E-state index in [4.69, 9.17) is 0 Å². The molecule has 0 N–H and O–H groups in total. The van der Waals surface area contributed by atoms with Crippen LogP contribution < -0.4 is 0 Å². The molecule has 0 bridgehead atoms. The molecule has 1 heterocycles. The molecular formula is C10H20F3N. The fraction of sp³-hybridized carbons (Fsp3) is 1.00. The van der Waals surface area contributed by atoms with Gasteiger partial charge in [-0.05, 0) is 25.3 Å². The molecule has 1 fully saturated rings. The van der Waals surface area contributed by atoms with Crippen LogP contribution >= 0.6 is 0 Å². The number of piperidine rings is 1. The van der Waals surface area contributed by atoms with E-state index in [1.165, 1.54) is 4.90 Å². The van der Waals surface area contributed by atoms with Gasteiger partial charge in [0.1, 0.15) is 0 Å². The first kappa shape index (κ1) is 13.8. The van der Waals surface area contributed by atoms with Gasteiger partial charge in [-0.25, -0.2) is 0 Å². The summed E-state index contributed by atoms with van der Waals surface area (Å²) >= 11 is 0. The molecule has 1 saturated heterocycles. The standard InChI is InChI=1S/C8H14F3N.C2H6/c1-7-3-2-4-12(5-7)6-8(9,10)11;1-2/h7H,2-6H2,1H3;1-2H3/t7-;/m0./s1. The van der Waals surface area contributed by atoms with Crippen LogP contribution in [-0.2, 0) is 0 Å². The lowest BCUT2D eigenvalue weighted by atomic mass is 10.0. The fourth-order valence-electron chi connectivity index (χ4n) is 1.68. The third-order valence-corrected chi connectivity index (χ3v) is 2.14. The second kappa shape index (κ2) is 6.27. The summed E-state index contributed by atoms with van der Waals surface area (Å²) in [6.45, 7) is 6.46. The first-order chi connectivity index (χ1) is 6.47. The third kappa shape index (κ3) is 6.24. The number of rotatable bonds is 1. The lowest BCUT2D eigenvalue weighted by molar-refractivity contribution is -0.149. The number of nitrogens with zero attached hydrogens (tertiary/aromatic N) is 1. The highest BCUT2D eigenvalue weighted by Gasteiger charge is 2.32. The summed E-state index contributed by atoms with van der Waals surface area (Å²) in [4.78, 5) is 1.49. The van der Waals surface area contributed by atoms with E-state index in [0.29, 0.717) is 19.0 Å². The number of halogens is 3. The predicted octanol–water partition coefficient (Wildman–Crippen LogP) is 3.31. The summed E-state index contributed by atoms with van der Waals surface area (Å²) in [7, 11) is 0. The van der Waals surface area contributed by atoms with Crippen molar-refractivity contribution < 1.29 is 13.2 Å². The van der Waals surface area contributed by atoms with Crippen LogP contribution in [0.25, 0.3) is 0 Å². The highest BCUT2D eigenvalue weighted by molar-refractivity contribution is 4.71. The summed E-state index contributed by atoms with van der Waals surface area (Å²) in [6.07, 6.45) is -2.07. The van der Waals surface area contributed by atoms with E-state index in [-0.39, 0.29) is 0 Å². The van der Waals surface area contributed by atoms with Crippen molar-refractivity contribution in [3.8, 4) is 0 Å². The molecule has 0 saturated carbocycles. The minimum atomic E-state index is -4.03. The van der Waals surface area contributed by atoms with Crippen LogP contribution in [0.3, 0.4) is 0 Å². The second-order valence-electron chi connectivity index (χ2n) is 3.60. The summed E-state index contributed by atoms with van der Waals surface area (Å²) in [5, 5.41) is 0. The van der Waals surface area contributed by atoms with E-state index >= 15 is 0 Å². The van der Waals surface area contributed by atoms with Crippen LogP contribution in [0.15, 0.2) is 0 Å². The van der Waals surface area contributed by atoms with Crippen molar-refractivity contribution in [2.45, 2.75) is 39.8 Å². The monoisotopic (exact) mass is 211 g/mol. The van der Waals surface area contributed by atoms with E-state index in [9.17, 15) is 13.2 Å². The van der Waals surface area contributed by atoms with Gasteiger partial charge in [-0.15, -0.1) is 0 Å². The summed E-state index contributed by atoms with van der Waals surface area (Å²) in [5.74, 6) is 0.418. The maximum absolute atomic E-state index is 11.9. The molecule has 0 aromatic heterocycles. The topological polar surface area (TPSA) is 3.24 Å². The van der Waals surface area contributed by atoms with Gasteiger partial charge in [-0.3, -0.25) is 4.90 Å². The largest absolute Gasteiger partial charge is 0.401 e. The lowest BCUT2D eigenvalue weighted by Crippen LogP contribution is -2.40. The Kier molecular flexibility index (Phi) is 6.16. The first-order valence-electron chi connectivity index (χ1n) is 5.26. The number of likely N-dealkylation sites (tertiary alicyclic amines) is 1. The van der Waals surface area contributed by atoms with Gasteiger partial charge in [0.25, 0.3) is 0 Å². The zero-order valence-electron chi connectivity index (χ0n) is 9.19. The molecule has 4 heteroatoms. The Balaban J connectivity index is 0.000000791. The van der Waals surface area contributed by atoms with Crippen LogP contribution in [0.4, 0.5) is 13.2 Å². The Labute approximate surface area is 84.3 Å². The van der Waals surface area contributed by atoms with Crippen molar-refractivity contribution in [3.63, 3.8) is 0 Å². The highest BCUT2D eigenvalue weighted by Crippen LogP contribution is 2.21. The molecule has 0 spiro atoms. The molecule has 0 radical (unpaired) electrons.